The Bertz CT molecular complexity index is 575. The second kappa shape index (κ2) is 7.32. The monoisotopic (exact) mass is 267 g/mol. The van der Waals surface area contributed by atoms with Crippen LogP contribution < -0.4 is 4.74 Å². The van der Waals surface area contributed by atoms with E-state index in [1.54, 1.807) is 19.2 Å². The second-order valence-corrected chi connectivity index (χ2v) is 4.44. The van der Waals surface area contributed by atoms with Crippen LogP contribution in [0.25, 0.3) is 0 Å². The first-order valence-electron chi connectivity index (χ1n) is 6.54. The Kier molecular flexibility index (Phi) is 5.16. The van der Waals surface area contributed by atoms with E-state index in [-0.39, 0.29) is 6.10 Å². The van der Waals surface area contributed by atoms with Gasteiger partial charge in [-0.1, -0.05) is 36.4 Å². The molecule has 3 heteroatoms. The molecule has 20 heavy (non-hydrogen) atoms. The summed E-state index contributed by atoms with van der Waals surface area (Å²) in [7, 11) is 1.68. The van der Waals surface area contributed by atoms with E-state index in [4.69, 9.17) is 14.7 Å². The summed E-state index contributed by atoms with van der Waals surface area (Å²) >= 11 is 0. The molecule has 0 saturated carbocycles. The third-order valence-electron chi connectivity index (χ3n) is 3.00. The number of methoxy groups -OCH3 is 1. The maximum absolute atomic E-state index is 8.93. The lowest BCUT2D eigenvalue weighted by Gasteiger charge is -2.19. The van der Waals surface area contributed by atoms with Gasteiger partial charge >= 0.3 is 0 Å². The molecule has 3 nitrogen and oxygen atoms in total. The molecule has 0 aliphatic rings. The van der Waals surface area contributed by atoms with Gasteiger partial charge < -0.3 is 9.47 Å². The fraction of sp³-hybridized carbons (Fsp3) is 0.235. The molecule has 0 aliphatic carbocycles. The lowest BCUT2D eigenvalue weighted by atomic mass is 10.1. The standard InChI is InChI=1S/C17H17NO2/c1-19-11-10-17(15-7-3-2-4-8-15)20-16-9-5-6-14(12-16)13-18/h2-9,12,17H,10-11H2,1H3/t17-/m0/s1. The van der Waals surface area contributed by atoms with Crippen LogP contribution in [0.4, 0.5) is 0 Å². The molecule has 0 fully saturated rings. The van der Waals surface area contributed by atoms with Gasteiger partial charge in [0.2, 0.25) is 0 Å². The van der Waals surface area contributed by atoms with E-state index < -0.39 is 0 Å². The van der Waals surface area contributed by atoms with Crippen molar-refractivity contribution in [2.45, 2.75) is 12.5 Å². The van der Waals surface area contributed by atoms with Crippen molar-refractivity contribution in [3.8, 4) is 11.8 Å². The van der Waals surface area contributed by atoms with Crippen molar-refractivity contribution in [2.24, 2.45) is 0 Å². The first-order valence-corrected chi connectivity index (χ1v) is 6.54. The summed E-state index contributed by atoms with van der Waals surface area (Å²) in [5.41, 5.74) is 1.70. The van der Waals surface area contributed by atoms with Gasteiger partial charge in [0.15, 0.2) is 0 Å². The molecule has 0 amide bonds. The molecule has 0 N–H and O–H groups in total. The number of ether oxygens (including phenoxy) is 2. The van der Waals surface area contributed by atoms with E-state index in [1.807, 2.05) is 42.5 Å². The summed E-state index contributed by atoms with van der Waals surface area (Å²) < 4.78 is 11.2. The molecule has 1 atom stereocenters. The molecule has 2 rings (SSSR count). The molecule has 0 spiro atoms. The summed E-state index contributed by atoms with van der Waals surface area (Å²) in [5.74, 6) is 0.703. The molecule has 0 saturated heterocycles. The van der Waals surface area contributed by atoms with Crippen molar-refractivity contribution in [3.63, 3.8) is 0 Å². The van der Waals surface area contributed by atoms with E-state index in [0.29, 0.717) is 17.9 Å². The van der Waals surface area contributed by atoms with Crippen molar-refractivity contribution >= 4 is 0 Å². The molecule has 102 valence electrons. The van der Waals surface area contributed by atoms with E-state index in [0.717, 1.165) is 12.0 Å². The first-order chi connectivity index (χ1) is 9.83. The molecule has 0 heterocycles. The van der Waals surface area contributed by atoms with Gasteiger partial charge in [0.25, 0.3) is 0 Å². The lowest BCUT2D eigenvalue weighted by Crippen LogP contribution is -2.10. The van der Waals surface area contributed by atoms with Crippen LogP contribution in [0.3, 0.4) is 0 Å². The highest BCUT2D eigenvalue weighted by molar-refractivity contribution is 5.36. The minimum absolute atomic E-state index is 0.0786. The van der Waals surface area contributed by atoms with Crippen LogP contribution in [0.5, 0.6) is 5.75 Å². The van der Waals surface area contributed by atoms with E-state index in [9.17, 15) is 0 Å². The van der Waals surface area contributed by atoms with Gasteiger partial charge in [0.1, 0.15) is 11.9 Å². The van der Waals surface area contributed by atoms with Gasteiger partial charge in [0, 0.05) is 13.5 Å². The first kappa shape index (κ1) is 14.1. The summed E-state index contributed by atoms with van der Waals surface area (Å²) in [6, 6.07) is 19.4. The van der Waals surface area contributed by atoms with E-state index >= 15 is 0 Å². The zero-order valence-electron chi connectivity index (χ0n) is 11.5. The largest absolute Gasteiger partial charge is 0.486 e. The van der Waals surface area contributed by atoms with Crippen LogP contribution in [0.15, 0.2) is 54.6 Å². The number of benzene rings is 2. The van der Waals surface area contributed by atoms with Crippen molar-refractivity contribution in [2.75, 3.05) is 13.7 Å². The van der Waals surface area contributed by atoms with Crippen LogP contribution >= 0.6 is 0 Å². The zero-order chi connectivity index (χ0) is 14.2. The fourth-order valence-electron chi connectivity index (χ4n) is 1.99. The van der Waals surface area contributed by atoms with Gasteiger partial charge in [-0.15, -0.1) is 0 Å². The molecule has 0 bridgehead atoms. The normalized spacial score (nSPS) is 11.6. The topological polar surface area (TPSA) is 42.2 Å². The van der Waals surface area contributed by atoms with Crippen molar-refractivity contribution in [1.29, 1.82) is 5.26 Å². The van der Waals surface area contributed by atoms with E-state index in [1.165, 1.54) is 0 Å². The van der Waals surface area contributed by atoms with Crippen molar-refractivity contribution in [1.82, 2.24) is 0 Å². The average Bonchev–Trinajstić information content (AvgIpc) is 2.52. The maximum atomic E-state index is 8.93. The number of nitrogens with zero attached hydrogens (tertiary/aromatic N) is 1. The minimum atomic E-state index is -0.0786. The molecule has 0 radical (unpaired) electrons. The Morgan fingerprint density at radius 3 is 2.60 bits per heavy atom. The summed E-state index contributed by atoms with van der Waals surface area (Å²) in [6.45, 7) is 0.623. The fourth-order valence-corrected chi connectivity index (χ4v) is 1.99. The molecule has 0 aromatic heterocycles. The molecule has 2 aromatic rings. The van der Waals surface area contributed by atoms with Crippen LogP contribution in [0, 0.1) is 11.3 Å². The summed E-state index contributed by atoms with van der Waals surface area (Å²) in [5, 5.41) is 8.93. The molecular weight excluding hydrogens is 250 g/mol. The minimum Gasteiger partial charge on any atom is -0.486 e. The number of rotatable bonds is 6. The van der Waals surface area contributed by atoms with Crippen molar-refractivity contribution in [3.05, 3.63) is 65.7 Å². The number of nitriles is 1. The maximum Gasteiger partial charge on any atom is 0.126 e. The van der Waals surface area contributed by atoms with E-state index in [2.05, 4.69) is 6.07 Å². The zero-order valence-corrected chi connectivity index (χ0v) is 11.5. The Morgan fingerprint density at radius 1 is 1.10 bits per heavy atom. The molecule has 2 aromatic carbocycles. The number of hydrogen-bond acceptors (Lipinski definition) is 3. The second-order valence-electron chi connectivity index (χ2n) is 4.44. The van der Waals surface area contributed by atoms with Gasteiger partial charge in [-0.3, -0.25) is 0 Å². The lowest BCUT2D eigenvalue weighted by molar-refractivity contribution is 0.126. The van der Waals surface area contributed by atoms with Gasteiger partial charge in [0.05, 0.1) is 18.2 Å². The Labute approximate surface area is 119 Å². The van der Waals surface area contributed by atoms with Crippen LogP contribution in [-0.4, -0.2) is 13.7 Å². The summed E-state index contributed by atoms with van der Waals surface area (Å²) in [4.78, 5) is 0. The van der Waals surface area contributed by atoms with Crippen molar-refractivity contribution < 1.29 is 9.47 Å². The average molecular weight is 267 g/mol. The molecule has 0 unspecified atom stereocenters. The third-order valence-corrected chi connectivity index (χ3v) is 3.00. The smallest absolute Gasteiger partial charge is 0.126 e. The highest BCUT2D eigenvalue weighted by Crippen LogP contribution is 2.25. The third kappa shape index (κ3) is 3.84. The van der Waals surface area contributed by atoms with Gasteiger partial charge in [-0.25, -0.2) is 0 Å². The van der Waals surface area contributed by atoms with Crippen LogP contribution in [0.2, 0.25) is 0 Å². The molecule has 0 aliphatic heterocycles. The Hall–Kier alpha value is -2.31. The van der Waals surface area contributed by atoms with Gasteiger partial charge in [-0.05, 0) is 23.8 Å². The Morgan fingerprint density at radius 2 is 1.90 bits per heavy atom. The number of hydrogen-bond donors (Lipinski definition) is 0. The van der Waals surface area contributed by atoms with Gasteiger partial charge in [-0.2, -0.15) is 5.26 Å². The highest BCUT2D eigenvalue weighted by atomic mass is 16.5. The highest BCUT2D eigenvalue weighted by Gasteiger charge is 2.13. The molecular formula is C17H17NO2. The van der Waals surface area contributed by atoms with Crippen LogP contribution in [0.1, 0.15) is 23.7 Å². The SMILES string of the molecule is COCC[C@H](Oc1cccc(C#N)c1)c1ccccc1. The predicted octanol–water partition coefficient (Wildman–Crippen LogP) is 3.71. The van der Waals surface area contributed by atoms with Crippen LogP contribution in [-0.2, 0) is 4.74 Å². The summed E-state index contributed by atoms with van der Waals surface area (Å²) in [6.07, 6.45) is 0.683. The Balaban J connectivity index is 2.17. The predicted molar refractivity (Wildman–Crippen MR) is 77.5 cm³/mol. The quantitative estimate of drug-likeness (QED) is 0.801.